The van der Waals surface area contributed by atoms with Crippen molar-refractivity contribution in [3.8, 4) is 6.07 Å². The lowest BCUT2D eigenvalue weighted by atomic mass is 10.1. The van der Waals surface area contributed by atoms with Crippen molar-refractivity contribution in [3.63, 3.8) is 0 Å². The van der Waals surface area contributed by atoms with Crippen LogP contribution in [0.4, 0.5) is 0 Å². The Bertz CT molecular complexity index is 409. The van der Waals surface area contributed by atoms with Crippen molar-refractivity contribution >= 4 is 44.3 Å². The molecule has 1 aromatic carbocycles. The first-order valence-electron chi connectivity index (χ1n) is 3.46. The first-order valence-corrected chi connectivity index (χ1v) is 5.33. The van der Waals surface area contributed by atoms with Gasteiger partial charge in [-0.25, -0.2) is 0 Å². The number of rotatable bonds is 1. The molecule has 4 heteroatoms. The van der Waals surface area contributed by atoms with E-state index < -0.39 is 0 Å². The Kier molecular flexibility index (Phi) is 3.45. The minimum absolute atomic E-state index is 0.0200. The molecule has 2 nitrogen and oxygen atoms in total. The van der Waals surface area contributed by atoms with E-state index >= 15 is 0 Å². The molecule has 0 N–H and O–H groups in total. The van der Waals surface area contributed by atoms with Gasteiger partial charge in [0.1, 0.15) is 6.07 Å². The zero-order valence-electron chi connectivity index (χ0n) is 6.77. The summed E-state index contributed by atoms with van der Waals surface area (Å²) in [6.45, 7) is 1.49. The highest BCUT2D eigenvalue weighted by Crippen LogP contribution is 2.23. The summed E-state index contributed by atoms with van der Waals surface area (Å²) in [5.74, 6) is -0.0200. The third-order valence-corrected chi connectivity index (χ3v) is 3.11. The first kappa shape index (κ1) is 10.7. The number of benzene rings is 1. The fourth-order valence-electron chi connectivity index (χ4n) is 0.904. The summed E-state index contributed by atoms with van der Waals surface area (Å²) >= 11 is 5.33. The van der Waals surface area contributed by atoms with Gasteiger partial charge in [0.25, 0.3) is 0 Å². The standard InChI is InChI=1S/C9H5BrINO/c1-5(13)7-2-6(4-12)8(10)3-9(7)11/h2-3H,1H3. The second-order valence-corrected chi connectivity index (χ2v) is 4.50. The molecule has 0 amide bonds. The Balaban J connectivity index is 3.41. The lowest BCUT2D eigenvalue weighted by Gasteiger charge is -2.02. The zero-order chi connectivity index (χ0) is 10.0. The Labute approximate surface area is 98.2 Å². The van der Waals surface area contributed by atoms with Gasteiger partial charge in [0, 0.05) is 13.6 Å². The highest BCUT2D eigenvalue weighted by Gasteiger charge is 2.09. The van der Waals surface area contributed by atoms with Gasteiger partial charge < -0.3 is 0 Å². The maximum absolute atomic E-state index is 11.1. The number of ketones is 1. The maximum Gasteiger partial charge on any atom is 0.160 e. The van der Waals surface area contributed by atoms with E-state index in [0.717, 1.165) is 8.04 Å². The molecule has 0 saturated heterocycles. The van der Waals surface area contributed by atoms with E-state index in [1.807, 2.05) is 6.07 Å². The molecular formula is C9H5BrINO. The van der Waals surface area contributed by atoms with Gasteiger partial charge >= 0.3 is 0 Å². The van der Waals surface area contributed by atoms with Crippen molar-refractivity contribution in [3.05, 3.63) is 31.3 Å². The highest BCUT2D eigenvalue weighted by molar-refractivity contribution is 14.1. The topological polar surface area (TPSA) is 40.9 Å². The average molecular weight is 350 g/mol. The van der Waals surface area contributed by atoms with E-state index in [0.29, 0.717) is 11.1 Å². The zero-order valence-corrected chi connectivity index (χ0v) is 10.5. The van der Waals surface area contributed by atoms with Crippen molar-refractivity contribution in [1.82, 2.24) is 0 Å². The molecule has 66 valence electrons. The van der Waals surface area contributed by atoms with Crippen molar-refractivity contribution in [1.29, 1.82) is 5.26 Å². The van der Waals surface area contributed by atoms with Crippen LogP contribution in [0.1, 0.15) is 22.8 Å². The molecule has 0 fully saturated rings. The van der Waals surface area contributed by atoms with Crippen LogP contribution in [0.2, 0.25) is 0 Å². The Morgan fingerprint density at radius 2 is 2.23 bits per heavy atom. The highest BCUT2D eigenvalue weighted by atomic mass is 127. The lowest BCUT2D eigenvalue weighted by molar-refractivity contribution is 0.101. The predicted octanol–water partition coefficient (Wildman–Crippen LogP) is 3.13. The molecule has 0 radical (unpaired) electrons. The van der Waals surface area contributed by atoms with E-state index in [1.165, 1.54) is 6.92 Å². The summed E-state index contributed by atoms with van der Waals surface area (Å²) in [4.78, 5) is 11.1. The number of halogens is 2. The molecule has 0 aliphatic heterocycles. The lowest BCUT2D eigenvalue weighted by Crippen LogP contribution is -1.97. The Morgan fingerprint density at radius 1 is 1.62 bits per heavy atom. The van der Waals surface area contributed by atoms with Crippen LogP contribution in [0, 0.1) is 14.9 Å². The van der Waals surface area contributed by atoms with Gasteiger partial charge in [0.05, 0.1) is 5.56 Å². The molecule has 0 unspecified atom stereocenters. The normalized spacial score (nSPS) is 9.38. The predicted molar refractivity (Wildman–Crippen MR) is 61.6 cm³/mol. The summed E-state index contributed by atoms with van der Waals surface area (Å²) in [6.07, 6.45) is 0. The summed E-state index contributed by atoms with van der Waals surface area (Å²) in [5, 5.41) is 8.72. The molecule has 1 rings (SSSR count). The molecule has 1 aromatic rings. The third kappa shape index (κ3) is 2.29. The van der Waals surface area contributed by atoms with E-state index in [4.69, 9.17) is 5.26 Å². The number of carbonyl (C=O) groups excluding carboxylic acids is 1. The SMILES string of the molecule is CC(=O)c1cc(C#N)c(Br)cc1I. The molecular weight excluding hydrogens is 345 g/mol. The van der Waals surface area contributed by atoms with Crippen LogP contribution < -0.4 is 0 Å². The summed E-state index contributed by atoms with van der Waals surface area (Å²) in [5.41, 5.74) is 1.09. The number of nitrogens with zero attached hydrogens (tertiary/aromatic N) is 1. The van der Waals surface area contributed by atoms with Gasteiger partial charge in [0.2, 0.25) is 0 Å². The molecule has 0 spiro atoms. The quantitative estimate of drug-likeness (QED) is 0.577. The largest absolute Gasteiger partial charge is 0.294 e. The third-order valence-electron chi connectivity index (χ3n) is 1.56. The fourth-order valence-corrected chi connectivity index (χ4v) is 2.61. The summed E-state index contributed by atoms with van der Waals surface area (Å²) in [6, 6.07) is 5.39. The van der Waals surface area contributed by atoms with Crippen molar-refractivity contribution in [2.75, 3.05) is 0 Å². The van der Waals surface area contributed by atoms with Crippen LogP contribution in [-0.2, 0) is 0 Å². The molecule has 0 aliphatic rings. The number of Topliss-reactive ketones (excluding diaryl/α,β-unsaturated/α-hetero) is 1. The monoisotopic (exact) mass is 349 g/mol. The van der Waals surface area contributed by atoms with E-state index in [1.54, 1.807) is 12.1 Å². The Morgan fingerprint density at radius 3 is 2.69 bits per heavy atom. The number of hydrogen-bond acceptors (Lipinski definition) is 2. The van der Waals surface area contributed by atoms with Crippen molar-refractivity contribution < 1.29 is 4.79 Å². The molecule has 0 aliphatic carbocycles. The second-order valence-electron chi connectivity index (χ2n) is 2.48. The van der Waals surface area contributed by atoms with Crippen molar-refractivity contribution in [2.45, 2.75) is 6.92 Å². The number of nitriles is 1. The van der Waals surface area contributed by atoms with Crippen LogP contribution in [0.3, 0.4) is 0 Å². The van der Waals surface area contributed by atoms with Crippen LogP contribution in [0.5, 0.6) is 0 Å². The van der Waals surface area contributed by atoms with E-state index in [9.17, 15) is 4.79 Å². The van der Waals surface area contributed by atoms with E-state index in [-0.39, 0.29) is 5.78 Å². The van der Waals surface area contributed by atoms with E-state index in [2.05, 4.69) is 38.5 Å². The van der Waals surface area contributed by atoms with Crippen LogP contribution in [0.15, 0.2) is 16.6 Å². The van der Waals surface area contributed by atoms with Gasteiger partial charge in [-0.3, -0.25) is 4.79 Å². The average Bonchev–Trinajstić information content (AvgIpc) is 2.03. The minimum atomic E-state index is -0.0200. The maximum atomic E-state index is 11.1. The summed E-state index contributed by atoms with van der Waals surface area (Å²) < 4.78 is 1.58. The van der Waals surface area contributed by atoms with Crippen LogP contribution in [0.25, 0.3) is 0 Å². The first-order chi connectivity index (χ1) is 6.06. The minimum Gasteiger partial charge on any atom is -0.294 e. The second kappa shape index (κ2) is 4.20. The van der Waals surface area contributed by atoms with Gasteiger partial charge in [-0.05, 0) is 57.6 Å². The molecule has 0 saturated carbocycles. The fraction of sp³-hybridized carbons (Fsp3) is 0.111. The number of hydrogen-bond donors (Lipinski definition) is 0. The van der Waals surface area contributed by atoms with Gasteiger partial charge in [-0.15, -0.1) is 0 Å². The van der Waals surface area contributed by atoms with Gasteiger partial charge in [0.15, 0.2) is 5.78 Å². The smallest absolute Gasteiger partial charge is 0.160 e. The molecule has 0 heterocycles. The van der Waals surface area contributed by atoms with Crippen LogP contribution in [-0.4, -0.2) is 5.78 Å². The molecule has 0 atom stereocenters. The summed E-state index contributed by atoms with van der Waals surface area (Å²) in [7, 11) is 0. The van der Waals surface area contributed by atoms with Gasteiger partial charge in [-0.2, -0.15) is 5.26 Å². The van der Waals surface area contributed by atoms with Crippen molar-refractivity contribution in [2.24, 2.45) is 0 Å². The van der Waals surface area contributed by atoms with Gasteiger partial charge in [-0.1, -0.05) is 0 Å². The molecule has 13 heavy (non-hydrogen) atoms. The number of carbonyl (C=O) groups is 1. The Hall–Kier alpha value is -0.410. The van der Waals surface area contributed by atoms with Crippen LogP contribution >= 0.6 is 38.5 Å². The molecule has 0 aromatic heterocycles. The molecule has 0 bridgehead atoms.